The number of carbonyl (C=O) groups is 2. The zero-order valence-corrected chi connectivity index (χ0v) is 13.2. The summed E-state index contributed by atoms with van der Waals surface area (Å²) in [5, 5.41) is 13.7. The van der Waals surface area contributed by atoms with Crippen molar-refractivity contribution in [3.8, 4) is 0 Å². The zero-order chi connectivity index (χ0) is 17.0. The number of benzene rings is 1. The lowest BCUT2D eigenvalue weighted by Crippen LogP contribution is -2.50. The molecule has 1 saturated carbocycles. The fourth-order valence-corrected chi connectivity index (χ4v) is 3.71. The molecule has 2 fully saturated rings. The Morgan fingerprint density at radius 2 is 1.91 bits per heavy atom. The number of amides is 1. The molecule has 1 saturated heterocycles. The van der Waals surface area contributed by atoms with E-state index in [0.29, 0.717) is 12.8 Å². The molecule has 23 heavy (non-hydrogen) atoms. The van der Waals surface area contributed by atoms with E-state index in [9.17, 15) is 19.7 Å². The van der Waals surface area contributed by atoms with Crippen molar-refractivity contribution in [3.63, 3.8) is 0 Å². The number of rotatable bonds is 3. The van der Waals surface area contributed by atoms with E-state index >= 15 is 0 Å². The van der Waals surface area contributed by atoms with Crippen molar-refractivity contribution in [2.24, 2.45) is 10.8 Å². The van der Waals surface area contributed by atoms with Gasteiger partial charge < -0.3 is 10.1 Å². The monoisotopic (exact) mass is 318 g/mol. The van der Waals surface area contributed by atoms with Crippen LogP contribution in [-0.2, 0) is 14.3 Å². The molecule has 0 spiro atoms. The maximum absolute atomic E-state index is 12.9. The standard InChI is InChI=1S/C16H18N2O5/c1-14(2)15(3)8-9-16(14,23-13(15)20)12(19)17-10-6-4-5-7-11(10)18(21)22/h4-7H,8-9H2,1-3H3,(H,17,19)/t15-,16-/m0/s1. The van der Waals surface area contributed by atoms with Gasteiger partial charge in [0.05, 0.1) is 10.3 Å². The Labute approximate surface area is 133 Å². The molecule has 7 heteroatoms. The molecule has 3 rings (SSSR count). The predicted octanol–water partition coefficient (Wildman–Crippen LogP) is 2.66. The molecule has 0 unspecified atom stereocenters. The number of nitrogens with zero attached hydrogens (tertiary/aromatic N) is 1. The summed E-state index contributed by atoms with van der Waals surface area (Å²) in [7, 11) is 0. The average Bonchev–Trinajstić information content (AvgIpc) is 2.78. The Morgan fingerprint density at radius 1 is 1.26 bits per heavy atom. The SMILES string of the molecule is CC1(C)[C@@]2(C)CC[C@@]1(C(=O)Nc1ccccc1[N+](=O)[O-])OC2=O. The minimum Gasteiger partial charge on any atom is -0.448 e. The highest BCUT2D eigenvalue weighted by Crippen LogP contribution is 2.65. The smallest absolute Gasteiger partial charge is 0.313 e. The quantitative estimate of drug-likeness (QED) is 0.525. The molecule has 1 heterocycles. The molecule has 1 aliphatic heterocycles. The van der Waals surface area contributed by atoms with Crippen LogP contribution in [0.3, 0.4) is 0 Å². The number of nitro groups is 1. The summed E-state index contributed by atoms with van der Waals surface area (Å²) in [6.45, 7) is 5.48. The Kier molecular flexibility index (Phi) is 3.05. The molecule has 1 N–H and O–H groups in total. The van der Waals surface area contributed by atoms with Crippen LogP contribution < -0.4 is 5.32 Å². The summed E-state index contributed by atoms with van der Waals surface area (Å²) in [4.78, 5) is 35.6. The van der Waals surface area contributed by atoms with Crippen LogP contribution in [0.5, 0.6) is 0 Å². The highest BCUT2D eigenvalue weighted by molar-refractivity contribution is 6.04. The van der Waals surface area contributed by atoms with E-state index in [2.05, 4.69) is 5.32 Å². The summed E-state index contributed by atoms with van der Waals surface area (Å²) >= 11 is 0. The minimum atomic E-state index is -1.29. The van der Waals surface area contributed by atoms with E-state index in [1.54, 1.807) is 6.07 Å². The second-order valence-electron chi connectivity index (χ2n) is 6.90. The number of ether oxygens (including phenoxy) is 1. The lowest BCUT2D eigenvalue weighted by Gasteiger charge is -2.35. The first-order valence-electron chi connectivity index (χ1n) is 7.44. The molecule has 2 bridgehead atoms. The molecule has 7 nitrogen and oxygen atoms in total. The van der Waals surface area contributed by atoms with Gasteiger partial charge >= 0.3 is 5.97 Å². The number of carbonyl (C=O) groups excluding carboxylic acids is 2. The number of hydrogen-bond donors (Lipinski definition) is 1. The van der Waals surface area contributed by atoms with Gasteiger partial charge in [0.15, 0.2) is 5.60 Å². The maximum Gasteiger partial charge on any atom is 0.313 e. The number of fused-ring (bicyclic) bond motifs is 2. The van der Waals surface area contributed by atoms with Gasteiger partial charge in [-0.2, -0.15) is 0 Å². The first-order valence-corrected chi connectivity index (χ1v) is 7.44. The van der Waals surface area contributed by atoms with Gasteiger partial charge in [-0.25, -0.2) is 0 Å². The van der Waals surface area contributed by atoms with Crippen molar-refractivity contribution >= 4 is 23.3 Å². The van der Waals surface area contributed by atoms with Crippen LogP contribution in [-0.4, -0.2) is 22.4 Å². The topological polar surface area (TPSA) is 98.5 Å². The van der Waals surface area contributed by atoms with Crippen LogP contribution in [0.15, 0.2) is 24.3 Å². The Hall–Kier alpha value is -2.44. The largest absolute Gasteiger partial charge is 0.448 e. The number of esters is 1. The fraction of sp³-hybridized carbons (Fsp3) is 0.500. The number of anilines is 1. The third kappa shape index (κ3) is 1.76. The van der Waals surface area contributed by atoms with Crippen LogP contribution in [0.1, 0.15) is 33.6 Å². The van der Waals surface area contributed by atoms with E-state index < -0.39 is 27.3 Å². The minimum absolute atomic E-state index is 0.101. The molecule has 0 radical (unpaired) electrons. The van der Waals surface area contributed by atoms with Crippen molar-refractivity contribution in [2.45, 2.75) is 39.2 Å². The number of hydrogen-bond acceptors (Lipinski definition) is 5. The normalized spacial score (nSPS) is 30.8. The van der Waals surface area contributed by atoms with Gasteiger partial charge in [-0.05, 0) is 25.8 Å². The molecule has 2 aliphatic rings. The van der Waals surface area contributed by atoms with Crippen LogP contribution in [0, 0.1) is 20.9 Å². The zero-order valence-electron chi connectivity index (χ0n) is 13.2. The summed E-state index contributed by atoms with van der Waals surface area (Å²) in [6.07, 6.45) is 0.970. The highest BCUT2D eigenvalue weighted by atomic mass is 16.6. The summed E-state index contributed by atoms with van der Waals surface area (Å²) in [6, 6.07) is 5.91. The molecule has 1 amide bonds. The molecule has 1 aliphatic carbocycles. The Bertz CT molecular complexity index is 729. The second kappa shape index (κ2) is 4.53. The third-order valence-electron chi connectivity index (χ3n) is 5.80. The third-order valence-corrected chi connectivity index (χ3v) is 5.80. The van der Waals surface area contributed by atoms with Gasteiger partial charge in [0.1, 0.15) is 5.69 Å². The van der Waals surface area contributed by atoms with E-state index in [1.165, 1.54) is 18.2 Å². The molecule has 122 valence electrons. The molecule has 0 aromatic heterocycles. The predicted molar refractivity (Wildman–Crippen MR) is 81.7 cm³/mol. The fourth-order valence-electron chi connectivity index (χ4n) is 3.71. The van der Waals surface area contributed by atoms with E-state index in [4.69, 9.17) is 4.74 Å². The van der Waals surface area contributed by atoms with Gasteiger partial charge in [0, 0.05) is 11.5 Å². The Balaban J connectivity index is 1.97. The van der Waals surface area contributed by atoms with Gasteiger partial charge in [-0.3, -0.25) is 19.7 Å². The van der Waals surface area contributed by atoms with Crippen molar-refractivity contribution in [1.29, 1.82) is 0 Å². The molecular weight excluding hydrogens is 300 g/mol. The maximum atomic E-state index is 12.9. The second-order valence-corrected chi connectivity index (χ2v) is 6.90. The van der Waals surface area contributed by atoms with E-state index in [-0.39, 0.29) is 17.3 Å². The lowest BCUT2D eigenvalue weighted by atomic mass is 9.66. The molecule has 1 aromatic carbocycles. The van der Waals surface area contributed by atoms with Gasteiger partial charge in [-0.1, -0.05) is 26.0 Å². The Morgan fingerprint density at radius 3 is 2.43 bits per heavy atom. The molecule has 1 aromatic rings. The van der Waals surface area contributed by atoms with Crippen molar-refractivity contribution in [2.75, 3.05) is 5.32 Å². The molecular formula is C16H18N2O5. The first-order chi connectivity index (χ1) is 10.7. The van der Waals surface area contributed by atoms with Crippen LogP contribution >= 0.6 is 0 Å². The number of para-hydroxylation sites is 2. The summed E-state index contributed by atoms with van der Waals surface area (Å²) in [5.41, 5.74) is -2.79. The van der Waals surface area contributed by atoms with E-state index in [1.807, 2.05) is 20.8 Å². The van der Waals surface area contributed by atoms with Crippen LogP contribution in [0.2, 0.25) is 0 Å². The first kappa shape index (κ1) is 15.5. The van der Waals surface area contributed by atoms with Crippen molar-refractivity contribution < 1.29 is 19.2 Å². The van der Waals surface area contributed by atoms with E-state index in [0.717, 1.165) is 0 Å². The number of nitrogens with one attached hydrogen (secondary N) is 1. The molecule has 2 atom stereocenters. The lowest BCUT2D eigenvalue weighted by molar-refractivity contribution is -0.383. The van der Waals surface area contributed by atoms with Gasteiger partial charge in [-0.15, -0.1) is 0 Å². The number of nitro benzene ring substituents is 1. The van der Waals surface area contributed by atoms with Gasteiger partial charge in [0.2, 0.25) is 0 Å². The van der Waals surface area contributed by atoms with Crippen molar-refractivity contribution in [3.05, 3.63) is 34.4 Å². The van der Waals surface area contributed by atoms with Crippen LogP contribution in [0.4, 0.5) is 11.4 Å². The highest BCUT2D eigenvalue weighted by Gasteiger charge is 2.75. The average molecular weight is 318 g/mol. The summed E-state index contributed by atoms with van der Waals surface area (Å²) < 4.78 is 5.48. The van der Waals surface area contributed by atoms with Crippen molar-refractivity contribution in [1.82, 2.24) is 0 Å². The summed E-state index contributed by atoms with van der Waals surface area (Å²) in [5.74, 6) is -0.891. The van der Waals surface area contributed by atoms with Gasteiger partial charge in [0.25, 0.3) is 11.6 Å². The van der Waals surface area contributed by atoms with Crippen LogP contribution in [0.25, 0.3) is 0 Å².